The molecular weight excluding hydrogens is 408 g/mol. The lowest BCUT2D eigenvalue weighted by atomic mass is 10.00. The van der Waals surface area contributed by atoms with Crippen molar-refractivity contribution in [1.29, 1.82) is 0 Å². The number of carbonyl (C=O) groups is 2. The average Bonchev–Trinajstić information content (AvgIpc) is 3.24. The monoisotopic (exact) mass is 442 g/mol. The number of thiophene rings is 1. The lowest BCUT2D eigenvalue weighted by molar-refractivity contribution is -0.146. The summed E-state index contributed by atoms with van der Waals surface area (Å²) in [5.74, 6) is 0.691. The maximum atomic E-state index is 13.4. The zero-order valence-corrected chi connectivity index (χ0v) is 20.1. The van der Waals surface area contributed by atoms with Crippen molar-refractivity contribution in [2.45, 2.75) is 59.5 Å². The Bertz CT molecular complexity index is 890. The lowest BCUT2D eigenvalue weighted by Gasteiger charge is -2.38. The summed E-state index contributed by atoms with van der Waals surface area (Å²) in [5, 5.41) is 2.09. The van der Waals surface area contributed by atoms with E-state index in [-0.39, 0.29) is 36.4 Å². The Kier molecular flexibility index (Phi) is 7.76. The SMILES string of the molecule is CC[C@H](C)N(CC(=O)N1CCc2sccc2[C@@H]1COc1ccc(C)cc1)C(=O)C(C)C. The van der Waals surface area contributed by atoms with E-state index in [2.05, 4.69) is 11.4 Å². The molecule has 1 aliphatic heterocycles. The van der Waals surface area contributed by atoms with Gasteiger partial charge in [-0.1, -0.05) is 38.5 Å². The number of benzene rings is 1. The molecular formula is C25H34N2O3S. The number of rotatable bonds is 8. The van der Waals surface area contributed by atoms with Crippen LogP contribution in [0.15, 0.2) is 35.7 Å². The van der Waals surface area contributed by atoms with Crippen LogP contribution in [0, 0.1) is 12.8 Å². The van der Waals surface area contributed by atoms with Gasteiger partial charge >= 0.3 is 0 Å². The first kappa shape index (κ1) is 23.3. The van der Waals surface area contributed by atoms with Gasteiger partial charge in [0.15, 0.2) is 0 Å². The van der Waals surface area contributed by atoms with Crippen molar-refractivity contribution in [3.05, 3.63) is 51.7 Å². The van der Waals surface area contributed by atoms with Crippen LogP contribution < -0.4 is 4.74 Å². The first-order valence-corrected chi connectivity index (χ1v) is 12.1. The molecule has 5 nitrogen and oxygen atoms in total. The Labute approximate surface area is 190 Å². The first-order valence-electron chi connectivity index (χ1n) is 11.2. The lowest BCUT2D eigenvalue weighted by Crippen LogP contribution is -2.50. The van der Waals surface area contributed by atoms with Crippen LogP contribution in [0.1, 0.15) is 56.2 Å². The summed E-state index contributed by atoms with van der Waals surface area (Å²) in [5.41, 5.74) is 2.35. The fourth-order valence-electron chi connectivity index (χ4n) is 3.92. The highest BCUT2D eigenvalue weighted by molar-refractivity contribution is 7.10. The summed E-state index contributed by atoms with van der Waals surface area (Å²) in [6.45, 7) is 11.1. The van der Waals surface area contributed by atoms with Crippen LogP contribution in [0.3, 0.4) is 0 Å². The number of hydrogen-bond donors (Lipinski definition) is 0. The van der Waals surface area contributed by atoms with Crippen molar-refractivity contribution in [2.24, 2.45) is 5.92 Å². The van der Waals surface area contributed by atoms with Gasteiger partial charge in [-0.3, -0.25) is 9.59 Å². The van der Waals surface area contributed by atoms with E-state index >= 15 is 0 Å². The highest BCUT2D eigenvalue weighted by Crippen LogP contribution is 2.34. The molecule has 2 atom stereocenters. The van der Waals surface area contributed by atoms with E-state index in [1.165, 1.54) is 16.0 Å². The van der Waals surface area contributed by atoms with Crippen molar-refractivity contribution in [2.75, 3.05) is 19.7 Å². The third kappa shape index (κ3) is 5.48. The molecule has 0 N–H and O–H groups in total. The predicted molar refractivity (Wildman–Crippen MR) is 125 cm³/mol. The number of ether oxygens (including phenoxy) is 1. The maximum absolute atomic E-state index is 13.4. The number of nitrogens with zero attached hydrogens (tertiary/aromatic N) is 2. The molecule has 6 heteroatoms. The molecule has 0 aliphatic carbocycles. The van der Waals surface area contributed by atoms with Gasteiger partial charge in [0.2, 0.25) is 11.8 Å². The van der Waals surface area contributed by atoms with Crippen LogP contribution in [0.4, 0.5) is 0 Å². The van der Waals surface area contributed by atoms with Crippen molar-refractivity contribution < 1.29 is 14.3 Å². The molecule has 0 saturated carbocycles. The Hall–Kier alpha value is -2.34. The van der Waals surface area contributed by atoms with Crippen molar-refractivity contribution in [3.63, 3.8) is 0 Å². The normalized spacial score (nSPS) is 16.7. The van der Waals surface area contributed by atoms with Crippen LogP contribution in [0.25, 0.3) is 0 Å². The van der Waals surface area contributed by atoms with E-state index in [1.54, 1.807) is 16.2 Å². The summed E-state index contributed by atoms with van der Waals surface area (Å²) in [6.07, 6.45) is 1.67. The molecule has 1 aromatic heterocycles. The Morgan fingerprint density at radius 3 is 2.55 bits per heavy atom. The third-order valence-corrected chi connectivity index (χ3v) is 7.05. The maximum Gasteiger partial charge on any atom is 0.242 e. The molecule has 0 saturated heterocycles. The van der Waals surface area contributed by atoms with Gasteiger partial charge in [-0.2, -0.15) is 0 Å². The van der Waals surface area contributed by atoms with Gasteiger partial charge in [0, 0.05) is 23.4 Å². The van der Waals surface area contributed by atoms with E-state index in [0.717, 1.165) is 18.6 Å². The van der Waals surface area contributed by atoms with E-state index < -0.39 is 0 Å². The highest BCUT2D eigenvalue weighted by atomic mass is 32.1. The topological polar surface area (TPSA) is 49.9 Å². The standard InChI is InChI=1S/C25H34N2O3S/c1-6-19(5)27(25(29)17(2)3)15-24(28)26-13-11-23-21(12-14-31-23)22(26)16-30-20-9-7-18(4)8-10-20/h7-10,12,14,17,19,22H,6,11,13,15-16H2,1-5H3/t19-,22-/m0/s1. The fraction of sp³-hybridized carbons (Fsp3) is 0.520. The number of amides is 2. The third-order valence-electron chi connectivity index (χ3n) is 6.05. The highest BCUT2D eigenvalue weighted by Gasteiger charge is 2.34. The molecule has 3 rings (SSSR count). The smallest absolute Gasteiger partial charge is 0.242 e. The summed E-state index contributed by atoms with van der Waals surface area (Å²) in [7, 11) is 0. The zero-order valence-electron chi connectivity index (χ0n) is 19.3. The average molecular weight is 443 g/mol. The Morgan fingerprint density at radius 1 is 1.19 bits per heavy atom. The van der Waals surface area contributed by atoms with Crippen LogP contribution in [0.5, 0.6) is 5.75 Å². The molecule has 0 radical (unpaired) electrons. The minimum atomic E-state index is -0.142. The van der Waals surface area contributed by atoms with Gasteiger partial charge < -0.3 is 14.5 Å². The molecule has 2 heterocycles. The molecule has 2 amide bonds. The van der Waals surface area contributed by atoms with E-state index in [1.807, 2.05) is 63.8 Å². The molecule has 2 aromatic rings. The number of aryl methyl sites for hydroxylation is 1. The van der Waals surface area contributed by atoms with Crippen LogP contribution in [0.2, 0.25) is 0 Å². The molecule has 1 aromatic carbocycles. The van der Waals surface area contributed by atoms with Gasteiger partial charge in [-0.05, 0) is 55.8 Å². The van der Waals surface area contributed by atoms with Crippen LogP contribution >= 0.6 is 11.3 Å². The van der Waals surface area contributed by atoms with Crippen molar-refractivity contribution in [3.8, 4) is 5.75 Å². The Morgan fingerprint density at radius 2 is 1.90 bits per heavy atom. The van der Waals surface area contributed by atoms with Gasteiger partial charge in [0.25, 0.3) is 0 Å². The largest absolute Gasteiger partial charge is 0.491 e. The molecule has 0 unspecified atom stereocenters. The van der Waals surface area contributed by atoms with Gasteiger partial charge in [-0.25, -0.2) is 0 Å². The molecule has 1 aliphatic rings. The number of fused-ring (bicyclic) bond motifs is 1. The molecule has 0 bridgehead atoms. The summed E-state index contributed by atoms with van der Waals surface area (Å²) < 4.78 is 6.10. The van der Waals surface area contributed by atoms with Crippen molar-refractivity contribution >= 4 is 23.2 Å². The molecule has 0 fully saturated rings. The van der Waals surface area contributed by atoms with Gasteiger partial charge in [0.1, 0.15) is 18.9 Å². The van der Waals surface area contributed by atoms with E-state index in [4.69, 9.17) is 4.74 Å². The second-order valence-corrected chi connectivity index (χ2v) is 9.65. The minimum Gasteiger partial charge on any atom is -0.491 e. The molecule has 0 spiro atoms. The van der Waals surface area contributed by atoms with Gasteiger partial charge in [-0.15, -0.1) is 11.3 Å². The molecule has 31 heavy (non-hydrogen) atoms. The quantitative estimate of drug-likeness (QED) is 0.588. The summed E-state index contributed by atoms with van der Waals surface area (Å²) in [6, 6.07) is 9.97. The zero-order chi connectivity index (χ0) is 22.5. The van der Waals surface area contributed by atoms with E-state index in [9.17, 15) is 9.59 Å². The number of carbonyl (C=O) groups excluding carboxylic acids is 2. The molecule has 168 valence electrons. The fourth-order valence-corrected chi connectivity index (χ4v) is 4.85. The minimum absolute atomic E-state index is 0.0105. The van der Waals surface area contributed by atoms with E-state index in [0.29, 0.717) is 13.2 Å². The Balaban J connectivity index is 1.79. The second kappa shape index (κ2) is 10.3. The van der Waals surface area contributed by atoms with Gasteiger partial charge in [0.05, 0.1) is 6.04 Å². The predicted octanol–water partition coefficient (Wildman–Crippen LogP) is 4.84. The summed E-state index contributed by atoms with van der Waals surface area (Å²) >= 11 is 1.74. The van der Waals surface area contributed by atoms with Crippen molar-refractivity contribution in [1.82, 2.24) is 9.80 Å². The first-order chi connectivity index (χ1) is 14.8. The number of hydrogen-bond acceptors (Lipinski definition) is 4. The van der Waals surface area contributed by atoms with Crippen LogP contribution in [-0.4, -0.2) is 47.4 Å². The van der Waals surface area contributed by atoms with Crippen LogP contribution in [-0.2, 0) is 16.0 Å². The summed E-state index contributed by atoms with van der Waals surface area (Å²) in [4.78, 5) is 31.2. The second-order valence-electron chi connectivity index (χ2n) is 8.65.